The Morgan fingerprint density at radius 3 is 2.65 bits per heavy atom. The van der Waals surface area contributed by atoms with E-state index in [1.165, 1.54) is 16.4 Å². The lowest BCUT2D eigenvalue weighted by molar-refractivity contribution is -0.380. The highest BCUT2D eigenvalue weighted by molar-refractivity contribution is 7.91. The van der Waals surface area contributed by atoms with Crippen molar-refractivity contribution in [3.8, 4) is 0 Å². The summed E-state index contributed by atoms with van der Waals surface area (Å²) in [6.45, 7) is 3.13. The summed E-state index contributed by atoms with van der Waals surface area (Å²) in [4.78, 5) is 10.0. The van der Waals surface area contributed by atoms with Crippen molar-refractivity contribution in [2.75, 3.05) is 19.6 Å². The second kappa shape index (κ2) is 5.94. The second-order valence-electron chi connectivity index (χ2n) is 4.95. The van der Waals surface area contributed by atoms with Gasteiger partial charge in [0.05, 0.1) is 4.92 Å². The zero-order valence-electron chi connectivity index (χ0n) is 10.8. The Morgan fingerprint density at radius 2 is 2.20 bits per heavy atom. The van der Waals surface area contributed by atoms with Gasteiger partial charge < -0.3 is 5.73 Å². The van der Waals surface area contributed by atoms with Gasteiger partial charge in [-0.05, 0) is 35.8 Å². The van der Waals surface area contributed by atoms with Gasteiger partial charge in [0.25, 0.3) is 10.0 Å². The molecule has 0 radical (unpaired) electrons. The largest absolute Gasteiger partial charge is 0.330 e. The van der Waals surface area contributed by atoms with Crippen molar-refractivity contribution in [1.29, 1.82) is 0 Å². The monoisotopic (exact) mass is 341 g/mol. The van der Waals surface area contributed by atoms with E-state index in [2.05, 4.69) is 0 Å². The minimum atomic E-state index is -3.64. The van der Waals surface area contributed by atoms with Crippen molar-refractivity contribution >= 4 is 38.8 Å². The Hall–Kier alpha value is -0.740. The van der Waals surface area contributed by atoms with E-state index in [9.17, 15) is 18.5 Å². The van der Waals surface area contributed by atoms with E-state index in [0.717, 1.165) is 0 Å². The van der Waals surface area contributed by atoms with Gasteiger partial charge in [-0.3, -0.25) is 10.1 Å². The number of hydrogen-bond donors (Lipinski definition) is 1. The molecule has 1 aliphatic rings. The molecule has 0 bridgehead atoms. The van der Waals surface area contributed by atoms with E-state index in [1.807, 2.05) is 6.92 Å². The van der Waals surface area contributed by atoms with Crippen LogP contribution in [0, 0.1) is 15.5 Å². The fourth-order valence-electron chi connectivity index (χ4n) is 2.02. The number of sulfonamides is 1. The average molecular weight is 342 g/mol. The highest BCUT2D eigenvalue weighted by Crippen LogP contribution is 2.35. The Morgan fingerprint density at radius 1 is 1.55 bits per heavy atom. The molecule has 10 heteroatoms. The zero-order valence-corrected chi connectivity index (χ0v) is 13.3. The number of nitrogens with two attached hydrogens (primary N) is 1. The van der Waals surface area contributed by atoms with E-state index in [0.29, 0.717) is 37.4 Å². The van der Waals surface area contributed by atoms with Crippen LogP contribution in [0.4, 0.5) is 5.00 Å². The summed E-state index contributed by atoms with van der Waals surface area (Å²) in [5, 5.41) is 10.4. The van der Waals surface area contributed by atoms with Crippen LogP contribution in [0.25, 0.3) is 0 Å². The van der Waals surface area contributed by atoms with E-state index in [-0.39, 0.29) is 27.0 Å². The summed E-state index contributed by atoms with van der Waals surface area (Å²) in [5.41, 5.74) is 5.44. The van der Waals surface area contributed by atoms with E-state index in [1.54, 1.807) is 0 Å². The molecule has 1 unspecified atom stereocenters. The number of nitrogens with zero attached hydrogens (tertiary/aromatic N) is 2. The van der Waals surface area contributed by atoms with E-state index in [4.69, 9.17) is 5.73 Å². The van der Waals surface area contributed by atoms with Crippen molar-refractivity contribution in [1.82, 2.24) is 4.31 Å². The van der Waals surface area contributed by atoms with Gasteiger partial charge in [0, 0.05) is 19.2 Å². The smallest absolute Gasteiger partial charge is 0.325 e. The van der Waals surface area contributed by atoms with E-state index < -0.39 is 14.9 Å². The first-order valence-corrected chi connectivity index (χ1v) is 7.99. The van der Waals surface area contributed by atoms with Gasteiger partial charge in [0.1, 0.15) is 4.21 Å². The lowest BCUT2D eigenvalue weighted by Gasteiger charge is -2.21. The number of thiophene rings is 1. The molecule has 1 aromatic heterocycles. The summed E-state index contributed by atoms with van der Waals surface area (Å²) in [7, 11) is -3.64. The van der Waals surface area contributed by atoms with Crippen LogP contribution in [0.1, 0.15) is 13.3 Å². The minimum absolute atomic E-state index is 0. The molecule has 0 aromatic carbocycles. The van der Waals surface area contributed by atoms with Crippen molar-refractivity contribution in [2.45, 2.75) is 17.6 Å². The predicted octanol–water partition coefficient (Wildman–Crippen LogP) is 1.44. The molecule has 1 aliphatic heterocycles. The molecule has 114 valence electrons. The molecule has 7 nitrogen and oxygen atoms in total. The van der Waals surface area contributed by atoms with E-state index >= 15 is 0 Å². The maximum absolute atomic E-state index is 12.3. The third kappa shape index (κ3) is 3.12. The fraction of sp³-hybridized carbons (Fsp3) is 0.600. The molecular formula is C10H16ClN3O4S2. The lowest BCUT2D eigenvalue weighted by atomic mass is 9.90. The van der Waals surface area contributed by atoms with Crippen LogP contribution >= 0.6 is 23.7 Å². The maximum Gasteiger partial charge on any atom is 0.325 e. The number of hydrogen-bond acceptors (Lipinski definition) is 6. The van der Waals surface area contributed by atoms with Gasteiger partial charge in [-0.15, -0.1) is 12.4 Å². The highest BCUT2D eigenvalue weighted by atomic mass is 35.5. The van der Waals surface area contributed by atoms with Crippen LogP contribution in [-0.4, -0.2) is 37.3 Å². The molecule has 1 fully saturated rings. The van der Waals surface area contributed by atoms with Crippen molar-refractivity contribution in [2.24, 2.45) is 11.1 Å². The normalized spacial score (nSPS) is 23.5. The van der Waals surface area contributed by atoms with Crippen molar-refractivity contribution in [3.05, 3.63) is 22.2 Å². The van der Waals surface area contributed by atoms with Crippen LogP contribution in [0.5, 0.6) is 0 Å². The molecular weight excluding hydrogens is 326 g/mol. The Bertz CT molecular complexity index is 603. The number of halogens is 1. The molecule has 2 heterocycles. The molecule has 1 aromatic rings. The van der Waals surface area contributed by atoms with Gasteiger partial charge in [-0.25, -0.2) is 8.42 Å². The quantitative estimate of drug-likeness (QED) is 0.658. The average Bonchev–Trinajstić information content (AvgIpc) is 2.96. The molecule has 0 spiro atoms. The summed E-state index contributed by atoms with van der Waals surface area (Å²) in [5.74, 6) is 0. The molecule has 20 heavy (non-hydrogen) atoms. The highest BCUT2D eigenvalue weighted by Gasteiger charge is 2.39. The summed E-state index contributed by atoms with van der Waals surface area (Å²) < 4.78 is 26.1. The Balaban J connectivity index is 0.00000200. The zero-order chi connectivity index (χ0) is 14.3. The minimum Gasteiger partial charge on any atom is -0.330 e. The Labute approximate surface area is 127 Å². The molecule has 0 aliphatic carbocycles. The first-order valence-electron chi connectivity index (χ1n) is 5.73. The number of rotatable bonds is 4. The molecule has 1 saturated heterocycles. The fourth-order valence-corrected chi connectivity index (χ4v) is 4.88. The van der Waals surface area contributed by atoms with Gasteiger partial charge in [-0.1, -0.05) is 6.92 Å². The summed E-state index contributed by atoms with van der Waals surface area (Å²) >= 11 is 0.683. The third-order valence-corrected chi connectivity index (χ3v) is 6.71. The maximum atomic E-state index is 12.3. The summed E-state index contributed by atoms with van der Waals surface area (Å²) in [6, 6.07) is 2.51. The van der Waals surface area contributed by atoms with Crippen LogP contribution in [0.2, 0.25) is 0 Å². The third-order valence-electron chi connectivity index (χ3n) is 3.36. The van der Waals surface area contributed by atoms with Crippen molar-refractivity contribution < 1.29 is 13.3 Å². The number of nitro groups is 1. The van der Waals surface area contributed by atoms with Crippen molar-refractivity contribution in [3.63, 3.8) is 0 Å². The standard InChI is InChI=1S/C10H15N3O4S2.ClH/c1-10(6-11)4-5-12(7-10)19(16,17)9-3-2-8(18-9)13(14)15;/h2-3H,4-7,11H2,1H3;1H. The van der Waals surface area contributed by atoms with Gasteiger partial charge in [0.15, 0.2) is 0 Å². The topological polar surface area (TPSA) is 107 Å². The van der Waals surface area contributed by atoms with Crippen LogP contribution in [-0.2, 0) is 10.0 Å². The van der Waals surface area contributed by atoms with Gasteiger partial charge in [-0.2, -0.15) is 4.31 Å². The van der Waals surface area contributed by atoms with Crippen LogP contribution < -0.4 is 5.73 Å². The summed E-state index contributed by atoms with van der Waals surface area (Å²) in [6.07, 6.45) is 0.705. The predicted molar refractivity (Wildman–Crippen MR) is 78.8 cm³/mol. The molecule has 0 amide bonds. The Kier molecular flexibility index (Phi) is 5.14. The SMILES string of the molecule is CC1(CN)CCN(S(=O)(=O)c2ccc([N+](=O)[O-])s2)C1.Cl. The van der Waals surface area contributed by atoms with Gasteiger partial charge in [0.2, 0.25) is 0 Å². The lowest BCUT2D eigenvalue weighted by Crippen LogP contribution is -2.34. The molecule has 1 atom stereocenters. The second-order valence-corrected chi connectivity index (χ2v) is 8.18. The molecule has 2 N–H and O–H groups in total. The first-order chi connectivity index (χ1) is 8.78. The molecule has 2 rings (SSSR count). The van der Waals surface area contributed by atoms with Crippen LogP contribution in [0.3, 0.4) is 0 Å². The molecule has 0 saturated carbocycles. The first kappa shape index (κ1) is 17.3. The van der Waals surface area contributed by atoms with Gasteiger partial charge >= 0.3 is 5.00 Å². The van der Waals surface area contributed by atoms with Crippen LogP contribution in [0.15, 0.2) is 16.3 Å².